The molecule has 1 heterocycles. The van der Waals surface area contributed by atoms with Crippen molar-refractivity contribution >= 4 is 28.3 Å². The predicted molar refractivity (Wildman–Crippen MR) is 104 cm³/mol. The maximum absolute atomic E-state index is 12.6. The molecule has 2 N–H and O–H groups in total. The second kappa shape index (κ2) is 11.5. The Balaban J connectivity index is 0.00000338. The monoisotopic (exact) mass is 405 g/mol. The summed E-state index contributed by atoms with van der Waals surface area (Å²) in [5.41, 5.74) is 1.56. The number of morpholine rings is 1. The van der Waals surface area contributed by atoms with E-state index >= 15 is 0 Å². The number of ether oxygens (including phenoxy) is 1. The average Bonchev–Trinajstić information content (AvgIpc) is 2.62. The fraction of sp³-hybridized carbons (Fsp3) is 0.588. The number of benzene rings is 1. The zero-order valence-electron chi connectivity index (χ0n) is 15.1. The van der Waals surface area contributed by atoms with Crippen molar-refractivity contribution in [1.29, 1.82) is 0 Å². The van der Waals surface area contributed by atoms with E-state index in [1.807, 2.05) is 25.2 Å². The lowest BCUT2D eigenvalue weighted by molar-refractivity contribution is -0.121. The first-order valence-electron chi connectivity index (χ1n) is 8.56. The molecule has 0 spiro atoms. The molecule has 0 atom stereocenters. The van der Waals surface area contributed by atoms with Crippen molar-refractivity contribution < 1.29 is 17.9 Å². The molecule has 1 aliphatic rings. The lowest BCUT2D eigenvalue weighted by atomic mass is 10.1. The maximum atomic E-state index is 12.6. The number of sulfonamides is 1. The van der Waals surface area contributed by atoms with E-state index in [-0.39, 0.29) is 24.1 Å². The van der Waals surface area contributed by atoms with Gasteiger partial charge in [0.25, 0.3) is 0 Å². The molecule has 1 aromatic carbocycles. The second-order valence-electron chi connectivity index (χ2n) is 6.02. The third-order valence-electron chi connectivity index (χ3n) is 4.13. The third kappa shape index (κ3) is 7.20. The molecule has 0 unspecified atom stereocenters. The van der Waals surface area contributed by atoms with Crippen LogP contribution >= 0.6 is 12.4 Å². The highest BCUT2D eigenvalue weighted by Gasteiger charge is 2.25. The van der Waals surface area contributed by atoms with E-state index in [0.717, 1.165) is 24.1 Å². The number of nitrogens with zero attached hydrogens (tertiary/aromatic N) is 1. The Bertz CT molecular complexity index is 664. The van der Waals surface area contributed by atoms with Crippen molar-refractivity contribution in [3.05, 3.63) is 35.4 Å². The summed E-state index contributed by atoms with van der Waals surface area (Å²) in [6.45, 7) is 2.79. The van der Waals surface area contributed by atoms with Crippen LogP contribution in [0.3, 0.4) is 0 Å². The minimum Gasteiger partial charge on any atom is -0.379 e. The first-order valence-corrected chi connectivity index (χ1v) is 10.2. The largest absolute Gasteiger partial charge is 0.379 e. The molecule has 0 aliphatic carbocycles. The highest BCUT2D eigenvalue weighted by molar-refractivity contribution is 7.88. The van der Waals surface area contributed by atoms with Crippen molar-refractivity contribution in [3.8, 4) is 0 Å². The zero-order chi connectivity index (χ0) is 18.1. The maximum Gasteiger partial charge on any atom is 0.220 e. The molecule has 0 saturated carbocycles. The summed E-state index contributed by atoms with van der Waals surface area (Å²) >= 11 is 0. The van der Waals surface area contributed by atoms with Gasteiger partial charge < -0.3 is 15.4 Å². The Labute approximate surface area is 161 Å². The third-order valence-corrected chi connectivity index (χ3v) is 5.95. The Kier molecular flexibility index (Phi) is 10.1. The molecule has 7 nitrogen and oxygen atoms in total. The molecule has 1 fully saturated rings. The normalized spacial score (nSPS) is 15.3. The Morgan fingerprint density at radius 1 is 1.19 bits per heavy atom. The molecule has 0 bridgehead atoms. The Morgan fingerprint density at radius 2 is 1.85 bits per heavy atom. The van der Waals surface area contributed by atoms with Crippen molar-refractivity contribution in [2.45, 2.75) is 25.1 Å². The smallest absolute Gasteiger partial charge is 0.220 e. The fourth-order valence-electron chi connectivity index (χ4n) is 2.69. The van der Waals surface area contributed by atoms with Gasteiger partial charge in [0.15, 0.2) is 0 Å². The number of carbonyl (C=O) groups excluding carboxylic acids is 1. The minimum absolute atomic E-state index is 0. The van der Waals surface area contributed by atoms with E-state index < -0.39 is 10.0 Å². The number of hydrogen-bond acceptors (Lipinski definition) is 5. The van der Waals surface area contributed by atoms with Crippen LogP contribution in [0.5, 0.6) is 0 Å². The molecule has 0 radical (unpaired) electrons. The standard InChI is InChI=1S/C17H27N3O4S.ClH/c1-18-8-4-7-17(21)19-13-15-5-2-3-6-16(15)14-25(22,23)20-9-11-24-12-10-20;/h2-3,5-6,18H,4,7-14H2,1H3,(H,19,21);1H. The van der Waals surface area contributed by atoms with E-state index in [1.54, 1.807) is 6.07 Å². The van der Waals surface area contributed by atoms with Gasteiger partial charge in [-0.15, -0.1) is 12.4 Å². The summed E-state index contributed by atoms with van der Waals surface area (Å²) in [6.07, 6.45) is 1.23. The van der Waals surface area contributed by atoms with Crippen LogP contribution in [0.1, 0.15) is 24.0 Å². The number of carbonyl (C=O) groups is 1. The number of hydrogen-bond donors (Lipinski definition) is 2. The van der Waals surface area contributed by atoms with Crippen LogP contribution in [0.25, 0.3) is 0 Å². The average molecular weight is 406 g/mol. The van der Waals surface area contributed by atoms with Gasteiger partial charge in [-0.05, 0) is 31.1 Å². The van der Waals surface area contributed by atoms with Crippen LogP contribution in [-0.4, -0.2) is 58.5 Å². The van der Waals surface area contributed by atoms with Gasteiger partial charge in [-0.25, -0.2) is 8.42 Å². The number of amides is 1. The lowest BCUT2D eigenvalue weighted by Crippen LogP contribution is -2.41. The number of nitrogens with one attached hydrogen (secondary N) is 2. The van der Waals surface area contributed by atoms with E-state index in [9.17, 15) is 13.2 Å². The van der Waals surface area contributed by atoms with Gasteiger partial charge in [-0.2, -0.15) is 4.31 Å². The molecule has 148 valence electrons. The molecule has 0 aromatic heterocycles. The molecule has 1 aliphatic heterocycles. The van der Waals surface area contributed by atoms with Gasteiger partial charge in [0.1, 0.15) is 0 Å². The van der Waals surface area contributed by atoms with Crippen molar-refractivity contribution in [2.75, 3.05) is 39.9 Å². The summed E-state index contributed by atoms with van der Waals surface area (Å²) in [5, 5.41) is 5.87. The highest BCUT2D eigenvalue weighted by atomic mass is 35.5. The molecule has 1 saturated heterocycles. The second-order valence-corrected chi connectivity index (χ2v) is 7.99. The summed E-state index contributed by atoms with van der Waals surface area (Å²) in [7, 11) is -1.53. The van der Waals surface area contributed by atoms with Crippen LogP contribution in [0.2, 0.25) is 0 Å². The van der Waals surface area contributed by atoms with E-state index in [4.69, 9.17) is 4.74 Å². The SMILES string of the molecule is CNCCCC(=O)NCc1ccccc1CS(=O)(=O)N1CCOCC1.Cl. The quantitative estimate of drug-likeness (QED) is 0.595. The van der Waals surface area contributed by atoms with Crippen LogP contribution in [-0.2, 0) is 31.9 Å². The molecular weight excluding hydrogens is 378 g/mol. The van der Waals surface area contributed by atoms with Crippen LogP contribution in [0.4, 0.5) is 0 Å². The summed E-state index contributed by atoms with van der Waals surface area (Å²) in [6, 6.07) is 7.34. The Morgan fingerprint density at radius 3 is 2.50 bits per heavy atom. The molecule has 2 rings (SSSR count). The topological polar surface area (TPSA) is 87.7 Å². The number of halogens is 1. The summed E-state index contributed by atoms with van der Waals surface area (Å²) in [5.74, 6) is -0.0835. The Hall–Kier alpha value is -1.19. The summed E-state index contributed by atoms with van der Waals surface area (Å²) < 4.78 is 31.9. The van der Waals surface area contributed by atoms with Gasteiger partial charge in [0.05, 0.1) is 19.0 Å². The van der Waals surface area contributed by atoms with Crippen molar-refractivity contribution in [1.82, 2.24) is 14.9 Å². The predicted octanol–water partition coefficient (Wildman–Crippen LogP) is 0.886. The van der Waals surface area contributed by atoms with Gasteiger partial charge >= 0.3 is 0 Å². The van der Waals surface area contributed by atoms with Crippen LogP contribution in [0, 0.1) is 0 Å². The van der Waals surface area contributed by atoms with E-state index in [2.05, 4.69) is 10.6 Å². The molecule has 9 heteroatoms. The molecule has 1 aromatic rings. The minimum atomic E-state index is -3.38. The highest BCUT2D eigenvalue weighted by Crippen LogP contribution is 2.16. The number of rotatable bonds is 9. The van der Waals surface area contributed by atoms with E-state index in [0.29, 0.717) is 39.3 Å². The van der Waals surface area contributed by atoms with Crippen LogP contribution < -0.4 is 10.6 Å². The van der Waals surface area contributed by atoms with Gasteiger partial charge in [-0.1, -0.05) is 24.3 Å². The first-order chi connectivity index (χ1) is 12.0. The fourth-order valence-corrected chi connectivity index (χ4v) is 4.25. The van der Waals surface area contributed by atoms with Crippen molar-refractivity contribution in [3.63, 3.8) is 0 Å². The summed E-state index contributed by atoms with van der Waals surface area (Å²) in [4.78, 5) is 11.9. The van der Waals surface area contributed by atoms with Gasteiger partial charge in [-0.3, -0.25) is 4.79 Å². The van der Waals surface area contributed by atoms with E-state index in [1.165, 1.54) is 4.31 Å². The lowest BCUT2D eigenvalue weighted by Gasteiger charge is -2.26. The molecular formula is C17H28ClN3O4S. The van der Waals surface area contributed by atoms with Crippen molar-refractivity contribution in [2.24, 2.45) is 0 Å². The zero-order valence-corrected chi connectivity index (χ0v) is 16.7. The molecule has 26 heavy (non-hydrogen) atoms. The van der Waals surface area contributed by atoms with Gasteiger partial charge in [0, 0.05) is 26.1 Å². The van der Waals surface area contributed by atoms with Gasteiger partial charge in [0.2, 0.25) is 15.9 Å². The molecule has 1 amide bonds. The first kappa shape index (κ1) is 22.9. The van der Waals surface area contributed by atoms with Crippen LogP contribution in [0.15, 0.2) is 24.3 Å².